The number of fused-ring (bicyclic) bond motifs is 1. The van der Waals surface area contributed by atoms with Crippen LogP contribution in [0.4, 0.5) is 5.69 Å². The van der Waals surface area contributed by atoms with Gasteiger partial charge in [0.15, 0.2) is 0 Å². The van der Waals surface area contributed by atoms with E-state index in [-0.39, 0.29) is 12.4 Å². The van der Waals surface area contributed by atoms with E-state index < -0.39 is 0 Å². The van der Waals surface area contributed by atoms with Gasteiger partial charge < -0.3 is 10.2 Å². The number of hydrogen-bond acceptors (Lipinski definition) is 3. The lowest BCUT2D eigenvalue weighted by molar-refractivity contribution is 0.687. The van der Waals surface area contributed by atoms with E-state index in [2.05, 4.69) is 46.5 Å². The number of nitrogens with zero attached hydrogens (tertiary/aromatic N) is 2. The Balaban J connectivity index is 0.00000120. The van der Waals surface area contributed by atoms with Crippen LogP contribution in [-0.2, 0) is 0 Å². The van der Waals surface area contributed by atoms with Gasteiger partial charge in [0.2, 0.25) is 0 Å². The largest absolute Gasteiger partial charge is 0.370 e. The van der Waals surface area contributed by atoms with Crippen LogP contribution in [0, 0.1) is 0 Å². The molecular weight excluding hydrogens is 246 g/mol. The Kier molecular flexibility index (Phi) is 4.04. The number of rotatable bonds is 2. The van der Waals surface area contributed by atoms with E-state index >= 15 is 0 Å². The molecule has 0 amide bonds. The van der Waals surface area contributed by atoms with Crippen LogP contribution >= 0.6 is 12.4 Å². The number of benzene rings is 1. The molecule has 0 aliphatic carbocycles. The number of pyridine rings is 1. The molecular formula is C14H18ClN3. The lowest BCUT2D eigenvalue weighted by atomic mass is 10.1. The minimum Gasteiger partial charge on any atom is -0.370 e. The molecule has 0 spiro atoms. The van der Waals surface area contributed by atoms with Gasteiger partial charge in [0, 0.05) is 36.9 Å². The number of halogens is 1. The van der Waals surface area contributed by atoms with Crippen LogP contribution in [0.15, 0.2) is 36.5 Å². The third kappa shape index (κ3) is 2.28. The van der Waals surface area contributed by atoms with E-state index in [0.717, 1.165) is 18.6 Å². The zero-order valence-corrected chi connectivity index (χ0v) is 11.3. The molecule has 1 atom stereocenters. The topological polar surface area (TPSA) is 28.2 Å². The van der Waals surface area contributed by atoms with Gasteiger partial charge in [-0.15, -0.1) is 12.4 Å². The summed E-state index contributed by atoms with van der Waals surface area (Å²) in [4.78, 5) is 6.79. The average Bonchev–Trinajstić information content (AvgIpc) is 2.91. The summed E-state index contributed by atoms with van der Waals surface area (Å²) in [5.74, 6) is 0. The molecule has 1 N–H and O–H groups in total. The molecule has 0 bridgehead atoms. The second-order valence-electron chi connectivity index (χ2n) is 4.60. The Hall–Kier alpha value is -1.32. The molecule has 2 heterocycles. The Morgan fingerprint density at radius 1 is 1.28 bits per heavy atom. The van der Waals surface area contributed by atoms with Gasteiger partial charge in [-0.25, -0.2) is 0 Å². The molecule has 1 unspecified atom stereocenters. The molecule has 0 saturated carbocycles. The quantitative estimate of drug-likeness (QED) is 0.902. The van der Waals surface area contributed by atoms with Crippen molar-refractivity contribution in [2.24, 2.45) is 0 Å². The molecule has 3 rings (SSSR count). The summed E-state index contributed by atoms with van der Waals surface area (Å²) >= 11 is 0. The Bertz CT molecular complexity index is 518. The van der Waals surface area contributed by atoms with Gasteiger partial charge in [-0.05, 0) is 37.2 Å². The zero-order valence-electron chi connectivity index (χ0n) is 10.5. The van der Waals surface area contributed by atoms with Crippen LogP contribution in [-0.4, -0.2) is 31.2 Å². The molecule has 3 nitrogen and oxygen atoms in total. The predicted octanol–water partition coefficient (Wildman–Crippen LogP) is 2.45. The van der Waals surface area contributed by atoms with Crippen LogP contribution in [0.2, 0.25) is 0 Å². The van der Waals surface area contributed by atoms with Gasteiger partial charge in [-0.1, -0.05) is 6.07 Å². The Morgan fingerprint density at radius 3 is 2.94 bits per heavy atom. The summed E-state index contributed by atoms with van der Waals surface area (Å²) in [5, 5.41) is 4.65. The van der Waals surface area contributed by atoms with Crippen molar-refractivity contribution in [3.63, 3.8) is 0 Å². The first-order chi connectivity index (χ1) is 8.36. The summed E-state index contributed by atoms with van der Waals surface area (Å²) in [6, 6.07) is 11.1. The van der Waals surface area contributed by atoms with E-state index in [0.29, 0.717) is 6.04 Å². The van der Waals surface area contributed by atoms with Gasteiger partial charge in [0.1, 0.15) is 0 Å². The fourth-order valence-electron chi connectivity index (χ4n) is 2.56. The third-order valence-corrected chi connectivity index (χ3v) is 3.58. The standard InChI is InChI=1S/C14H17N3.ClH/c1-17(11-7-9-15-10-11)14-6-2-5-13-12(14)4-3-8-16-13;/h2-6,8,11,15H,7,9-10H2,1H3;1H. The van der Waals surface area contributed by atoms with Crippen molar-refractivity contribution in [3.05, 3.63) is 36.5 Å². The first kappa shape index (κ1) is 13.1. The highest BCUT2D eigenvalue weighted by molar-refractivity contribution is 5.91. The summed E-state index contributed by atoms with van der Waals surface area (Å²) < 4.78 is 0. The van der Waals surface area contributed by atoms with E-state index in [4.69, 9.17) is 0 Å². The van der Waals surface area contributed by atoms with E-state index in [9.17, 15) is 0 Å². The molecule has 0 radical (unpaired) electrons. The van der Waals surface area contributed by atoms with Crippen LogP contribution < -0.4 is 10.2 Å². The average molecular weight is 264 g/mol. The second kappa shape index (κ2) is 5.55. The van der Waals surface area contributed by atoms with Gasteiger partial charge in [-0.3, -0.25) is 4.98 Å². The highest BCUT2D eigenvalue weighted by atomic mass is 35.5. The van der Waals surface area contributed by atoms with E-state index in [1.807, 2.05) is 12.3 Å². The number of likely N-dealkylation sites (N-methyl/N-ethyl adjacent to an activating group) is 1. The minimum atomic E-state index is 0. The number of aromatic nitrogens is 1. The molecule has 1 aliphatic rings. The maximum absolute atomic E-state index is 4.41. The zero-order chi connectivity index (χ0) is 11.7. The molecule has 4 heteroatoms. The first-order valence-corrected chi connectivity index (χ1v) is 6.13. The number of hydrogen-bond donors (Lipinski definition) is 1. The summed E-state index contributed by atoms with van der Waals surface area (Å²) in [6.45, 7) is 2.20. The smallest absolute Gasteiger partial charge is 0.0722 e. The van der Waals surface area contributed by atoms with Crippen molar-refractivity contribution in [3.8, 4) is 0 Å². The maximum Gasteiger partial charge on any atom is 0.0722 e. The molecule has 18 heavy (non-hydrogen) atoms. The van der Waals surface area contributed by atoms with Crippen LogP contribution in [0.5, 0.6) is 0 Å². The van der Waals surface area contributed by atoms with Gasteiger partial charge in [0.05, 0.1) is 5.52 Å². The SMILES string of the molecule is CN(c1cccc2ncccc12)C1CCNC1.Cl. The summed E-state index contributed by atoms with van der Waals surface area (Å²) in [7, 11) is 2.18. The molecule has 2 aromatic rings. The van der Waals surface area contributed by atoms with Gasteiger partial charge >= 0.3 is 0 Å². The third-order valence-electron chi connectivity index (χ3n) is 3.58. The molecule has 1 aromatic carbocycles. The van der Waals surface area contributed by atoms with Crippen molar-refractivity contribution in [2.75, 3.05) is 25.0 Å². The Morgan fingerprint density at radius 2 is 2.17 bits per heavy atom. The van der Waals surface area contributed by atoms with Crippen molar-refractivity contribution >= 4 is 29.0 Å². The van der Waals surface area contributed by atoms with Crippen molar-refractivity contribution < 1.29 is 0 Å². The van der Waals surface area contributed by atoms with E-state index in [1.54, 1.807) is 0 Å². The predicted molar refractivity (Wildman–Crippen MR) is 78.7 cm³/mol. The molecule has 96 valence electrons. The van der Waals surface area contributed by atoms with Crippen molar-refractivity contribution in [1.82, 2.24) is 10.3 Å². The molecule has 1 fully saturated rings. The number of nitrogens with one attached hydrogen (secondary N) is 1. The fourth-order valence-corrected chi connectivity index (χ4v) is 2.56. The van der Waals surface area contributed by atoms with Crippen molar-refractivity contribution in [1.29, 1.82) is 0 Å². The highest BCUT2D eigenvalue weighted by Gasteiger charge is 2.20. The van der Waals surface area contributed by atoms with Crippen molar-refractivity contribution in [2.45, 2.75) is 12.5 Å². The maximum atomic E-state index is 4.41. The number of anilines is 1. The van der Waals surface area contributed by atoms with Crippen LogP contribution in [0.3, 0.4) is 0 Å². The van der Waals surface area contributed by atoms with E-state index in [1.165, 1.54) is 17.5 Å². The minimum absolute atomic E-state index is 0. The monoisotopic (exact) mass is 263 g/mol. The van der Waals surface area contributed by atoms with Crippen LogP contribution in [0.1, 0.15) is 6.42 Å². The normalized spacial score (nSPS) is 18.6. The highest BCUT2D eigenvalue weighted by Crippen LogP contribution is 2.26. The lowest BCUT2D eigenvalue weighted by Gasteiger charge is -2.27. The Labute approximate surface area is 114 Å². The van der Waals surface area contributed by atoms with Crippen LogP contribution in [0.25, 0.3) is 10.9 Å². The van der Waals surface area contributed by atoms with Gasteiger partial charge in [0.25, 0.3) is 0 Å². The molecule has 1 aliphatic heterocycles. The molecule has 1 aromatic heterocycles. The fraction of sp³-hybridized carbons (Fsp3) is 0.357. The first-order valence-electron chi connectivity index (χ1n) is 6.13. The molecule has 1 saturated heterocycles. The second-order valence-corrected chi connectivity index (χ2v) is 4.60. The summed E-state index contributed by atoms with van der Waals surface area (Å²) in [6.07, 6.45) is 3.07. The summed E-state index contributed by atoms with van der Waals surface area (Å²) in [5.41, 5.74) is 2.35. The lowest BCUT2D eigenvalue weighted by Crippen LogP contribution is -2.33. The van der Waals surface area contributed by atoms with Gasteiger partial charge in [-0.2, -0.15) is 0 Å².